The number of carboxylic acid groups (broad SMARTS) is 1. The molecule has 136 valence electrons. The minimum atomic E-state index is -1.28. The number of hydrogen-bond donors (Lipinski definition) is 2. The number of amides is 1. The average Bonchev–Trinajstić information content (AvgIpc) is 2.91. The first kappa shape index (κ1) is 18.5. The van der Waals surface area contributed by atoms with Gasteiger partial charge in [-0.2, -0.15) is 0 Å². The zero-order chi connectivity index (χ0) is 18.9. The van der Waals surface area contributed by atoms with E-state index in [2.05, 4.69) is 10.6 Å². The van der Waals surface area contributed by atoms with Gasteiger partial charge in [0.1, 0.15) is 5.00 Å². The molecule has 0 spiro atoms. The molecule has 2 heterocycles. The van der Waals surface area contributed by atoms with Gasteiger partial charge in [-0.05, 0) is 43.8 Å². The summed E-state index contributed by atoms with van der Waals surface area (Å²) in [5.74, 6) is -1.65. The Hall–Kier alpha value is -2.29. The first-order valence-electron chi connectivity index (χ1n) is 7.94. The largest absolute Gasteiger partial charge is 0.545 e. The normalized spacial score (nSPS) is 15.0. The minimum absolute atomic E-state index is 0.0279. The zero-order valence-electron chi connectivity index (χ0n) is 14.3. The molecule has 0 unspecified atom stereocenters. The molecule has 0 radical (unpaired) electrons. The summed E-state index contributed by atoms with van der Waals surface area (Å²) in [7, 11) is 0. The van der Waals surface area contributed by atoms with Crippen molar-refractivity contribution in [2.45, 2.75) is 32.5 Å². The van der Waals surface area contributed by atoms with Crippen LogP contribution in [0, 0.1) is 0 Å². The van der Waals surface area contributed by atoms with E-state index in [1.165, 1.54) is 11.3 Å². The topological polar surface area (TPSA) is 90.5 Å². The zero-order valence-corrected chi connectivity index (χ0v) is 15.9. The molecule has 26 heavy (non-hydrogen) atoms. The number of carboxylic acids is 1. The van der Waals surface area contributed by atoms with Crippen molar-refractivity contribution in [3.05, 3.63) is 51.9 Å². The Labute approximate surface area is 160 Å². The Morgan fingerprint density at radius 1 is 1.27 bits per heavy atom. The van der Waals surface area contributed by atoms with Crippen LogP contribution in [-0.4, -0.2) is 22.6 Å². The quantitative estimate of drug-likeness (QED) is 0.782. The Balaban J connectivity index is 1.80. The summed E-state index contributed by atoms with van der Waals surface area (Å²) in [6, 6.07) is 8.62. The molecule has 1 aliphatic rings. The number of carbonyl (C=O) groups excluding carboxylic acids is 2. The van der Waals surface area contributed by atoms with Crippen molar-refractivity contribution in [1.29, 1.82) is 0 Å². The van der Waals surface area contributed by atoms with E-state index in [9.17, 15) is 14.7 Å². The van der Waals surface area contributed by atoms with Crippen LogP contribution in [0.3, 0.4) is 0 Å². The van der Waals surface area contributed by atoms with Crippen LogP contribution in [0.1, 0.15) is 45.0 Å². The predicted octanol–water partition coefficient (Wildman–Crippen LogP) is 2.09. The van der Waals surface area contributed by atoms with E-state index in [-0.39, 0.29) is 16.6 Å². The van der Waals surface area contributed by atoms with Crippen LogP contribution in [-0.2, 0) is 17.8 Å². The van der Waals surface area contributed by atoms with Crippen LogP contribution in [0.2, 0.25) is 0 Å². The first-order chi connectivity index (χ1) is 12.3. The molecule has 6 nitrogen and oxygen atoms in total. The van der Waals surface area contributed by atoms with E-state index >= 15 is 0 Å². The van der Waals surface area contributed by atoms with Gasteiger partial charge in [0.15, 0.2) is 5.11 Å². The highest BCUT2D eigenvalue weighted by Gasteiger charge is 2.31. The number of aromatic carboxylic acids is 1. The van der Waals surface area contributed by atoms with Gasteiger partial charge in [-0.15, -0.1) is 11.3 Å². The smallest absolute Gasteiger partial charge is 0.257 e. The van der Waals surface area contributed by atoms with Crippen LogP contribution < -0.4 is 15.7 Å². The summed E-state index contributed by atoms with van der Waals surface area (Å²) in [6.45, 7) is 4.15. The van der Waals surface area contributed by atoms with Gasteiger partial charge >= 0.3 is 0 Å². The van der Waals surface area contributed by atoms with Crippen LogP contribution >= 0.6 is 23.6 Å². The molecule has 2 N–H and O–H groups in total. The lowest BCUT2D eigenvalue weighted by Gasteiger charge is -2.30. The monoisotopic (exact) mass is 389 g/mol. The van der Waals surface area contributed by atoms with Crippen molar-refractivity contribution in [2.75, 3.05) is 5.32 Å². The number of ether oxygens (including phenoxy) is 1. The van der Waals surface area contributed by atoms with Gasteiger partial charge in [0.05, 0.1) is 18.2 Å². The predicted molar refractivity (Wildman–Crippen MR) is 101 cm³/mol. The lowest BCUT2D eigenvalue weighted by Crippen LogP contribution is -2.35. The molecule has 2 aromatic rings. The van der Waals surface area contributed by atoms with Gasteiger partial charge in [-0.1, -0.05) is 18.2 Å². The first-order valence-corrected chi connectivity index (χ1v) is 9.16. The highest BCUT2D eigenvalue weighted by molar-refractivity contribution is 7.80. The molecule has 1 aliphatic heterocycles. The number of fused-ring (bicyclic) bond motifs is 1. The lowest BCUT2D eigenvalue weighted by atomic mass is 9.93. The number of carbonyl (C=O) groups is 2. The SMILES string of the molecule is CC1(C)Cc2c(sc(NC(=S)NC(=O)c3ccccc3)c2C(=O)[O-])CO1. The maximum atomic E-state index is 12.2. The Morgan fingerprint density at radius 2 is 1.96 bits per heavy atom. The van der Waals surface area contributed by atoms with Crippen LogP contribution in [0.25, 0.3) is 0 Å². The molecule has 1 aromatic heterocycles. The standard InChI is InChI=1S/C18H18N2O4S2/c1-18(2)8-11-12(9-24-18)26-15(13(11)16(22)23)20-17(25)19-14(21)10-6-4-3-5-7-10/h3-7H,8-9H2,1-2H3,(H,22,23)(H2,19,20,21,25)/p-1. The third kappa shape index (κ3) is 3.92. The molecule has 3 rings (SSSR count). The molecule has 1 amide bonds. The Bertz CT molecular complexity index is 875. The maximum absolute atomic E-state index is 12.2. The summed E-state index contributed by atoms with van der Waals surface area (Å²) in [4.78, 5) is 24.7. The van der Waals surface area contributed by atoms with Gasteiger partial charge in [-0.25, -0.2) is 0 Å². The van der Waals surface area contributed by atoms with E-state index in [4.69, 9.17) is 17.0 Å². The molecular formula is C18H17N2O4S2-. The van der Waals surface area contributed by atoms with E-state index in [0.717, 1.165) is 4.88 Å². The second-order valence-electron chi connectivity index (χ2n) is 6.49. The number of nitrogens with one attached hydrogen (secondary N) is 2. The minimum Gasteiger partial charge on any atom is -0.545 e. The summed E-state index contributed by atoms with van der Waals surface area (Å²) in [6.07, 6.45) is 0.465. The van der Waals surface area contributed by atoms with E-state index in [1.807, 2.05) is 13.8 Å². The second-order valence-corrected chi connectivity index (χ2v) is 8.01. The van der Waals surface area contributed by atoms with Gasteiger partial charge in [0.2, 0.25) is 0 Å². The number of thiocarbonyl (C=S) groups is 1. The fourth-order valence-corrected chi connectivity index (χ4v) is 4.14. The van der Waals surface area contributed by atoms with Gasteiger partial charge in [0.25, 0.3) is 5.91 Å². The summed E-state index contributed by atoms with van der Waals surface area (Å²) in [5, 5.41) is 17.4. The van der Waals surface area contributed by atoms with Gasteiger partial charge in [-0.3, -0.25) is 10.1 Å². The summed E-state index contributed by atoms with van der Waals surface area (Å²) < 4.78 is 5.73. The van der Waals surface area contributed by atoms with E-state index in [0.29, 0.717) is 29.2 Å². The van der Waals surface area contributed by atoms with Crippen molar-refractivity contribution in [3.63, 3.8) is 0 Å². The van der Waals surface area contributed by atoms with E-state index < -0.39 is 11.6 Å². The fourth-order valence-electron chi connectivity index (χ4n) is 2.76. The molecule has 0 fully saturated rings. The Kier molecular flexibility index (Phi) is 5.08. The van der Waals surface area contributed by atoms with E-state index in [1.54, 1.807) is 30.3 Å². The van der Waals surface area contributed by atoms with Crippen molar-refractivity contribution in [1.82, 2.24) is 5.32 Å². The van der Waals surface area contributed by atoms with Crippen molar-refractivity contribution < 1.29 is 19.4 Å². The molecular weight excluding hydrogens is 372 g/mol. The molecule has 8 heteroatoms. The number of anilines is 1. The molecule has 0 saturated heterocycles. The summed E-state index contributed by atoms with van der Waals surface area (Å²) in [5.41, 5.74) is 0.790. The van der Waals surface area contributed by atoms with Crippen molar-refractivity contribution in [2.24, 2.45) is 0 Å². The molecule has 0 saturated carbocycles. The number of rotatable bonds is 3. The van der Waals surface area contributed by atoms with Crippen molar-refractivity contribution >= 4 is 45.5 Å². The molecule has 0 bridgehead atoms. The second kappa shape index (κ2) is 7.14. The van der Waals surface area contributed by atoms with Crippen molar-refractivity contribution in [3.8, 4) is 0 Å². The van der Waals surface area contributed by atoms with Gasteiger partial charge < -0.3 is 20.0 Å². The Morgan fingerprint density at radius 3 is 2.62 bits per heavy atom. The third-order valence-electron chi connectivity index (χ3n) is 3.98. The summed E-state index contributed by atoms with van der Waals surface area (Å²) >= 11 is 6.41. The highest BCUT2D eigenvalue weighted by atomic mass is 32.1. The average molecular weight is 389 g/mol. The lowest BCUT2D eigenvalue weighted by molar-refractivity contribution is -0.255. The maximum Gasteiger partial charge on any atom is 0.257 e. The highest BCUT2D eigenvalue weighted by Crippen LogP contribution is 2.40. The van der Waals surface area contributed by atoms with Gasteiger partial charge in [0, 0.05) is 22.4 Å². The molecule has 0 aliphatic carbocycles. The number of thiophene rings is 1. The molecule has 0 atom stereocenters. The van der Waals surface area contributed by atoms with Crippen LogP contribution in [0.5, 0.6) is 0 Å². The van der Waals surface area contributed by atoms with Crippen LogP contribution in [0.4, 0.5) is 5.00 Å². The number of hydrogen-bond acceptors (Lipinski definition) is 6. The third-order valence-corrected chi connectivity index (χ3v) is 5.31. The fraction of sp³-hybridized carbons (Fsp3) is 0.278. The molecule has 1 aromatic carbocycles. The van der Waals surface area contributed by atoms with Crippen LogP contribution in [0.15, 0.2) is 30.3 Å². The number of benzene rings is 1.